The molecule has 0 bridgehead atoms. The van der Waals surface area contributed by atoms with Crippen LogP contribution in [-0.4, -0.2) is 17.1 Å². The van der Waals surface area contributed by atoms with Gasteiger partial charge in [-0.15, -0.1) is 0 Å². The summed E-state index contributed by atoms with van der Waals surface area (Å²) < 4.78 is 11.3. The molecule has 2 heterocycles. The lowest BCUT2D eigenvalue weighted by atomic mass is 10.2. The highest BCUT2D eigenvalue weighted by Crippen LogP contribution is 2.28. The monoisotopic (exact) mass is 370 g/mol. The molecule has 1 aromatic carbocycles. The van der Waals surface area contributed by atoms with Gasteiger partial charge in [0.05, 0.1) is 7.11 Å². The standard InChI is InChI=1S/C20H20ClN3O2/c1-25-19-10-16(12-23-11-15-6-8-22-9-7-15)2-4-18(19)26-14-17-3-5-20(21)24-13-17/h2-10,13,23H,11-12,14H2,1H3/p+1. The molecule has 26 heavy (non-hydrogen) atoms. The Bertz CT molecular complexity index is 826. The predicted molar refractivity (Wildman–Crippen MR) is 100 cm³/mol. The van der Waals surface area contributed by atoms with E-state index < -0.39 is 0 Å². The van der Waals surface area contributed by atoms with Crippen molar-refractivity contribution in [2.24, 2.45) is 0 Å². The summed E-state index contributed by atoms with van der Waals surface area (Å²) in [6, 6.07) is 13.7. The van der Waals surface area contributed by atoms with E-state index in [9.17, 15) is 0 Å². The van der Waals surface area contributed by atoms with Crippen molar-refractivity contribution in [1.82, 2.24) is 9.97 Å². The summed E-state index contributed by atoms with van der Waals surface area (Å²) in [5, 5.41) is 2.71. The molecular weight excluding hydrogens is 350 g/mol. The first kappa shape index (κ1) is 18.2. The molecule has 0 fully saturated rings. The van der Waals surface area contributed by atoms with Crippen molar-refractivity contribution in [3.63, 3.8) is 0 Å². The molecular formula is C20H21ClN3O2+. The van der Waals surface area contributed by atoms with Crippen molar-refractivity contribution in [3.05, 3.63) is 82.9 Å². The van der Waals surface area contributed by atoms with Crippen molar-refractivity contribution in [1.29, 1.82) is 0 Å². The second-order valence-corrected chi connectivity index (χ2v) is 6.20. The Hall–Kier alpha value is -2.63. The molecule has 0 saturated heterocycles. The third-order valence-electron chi connectivity index (χ3n) is 3.92. The summed E-state index contributed by atoms with van der Waals surface area (Å²) in [6.45, 7) is 2.18. The van der Waals surface area contributed by atoms with Crippen LogP contribution in [0.2, 0.25) is 5.15 Å². The molecule has 0 atom stereocenters. The summed E-state index contributed by atoms with van der Waals surface area (Å²) >= 11 is 5.80. The van der Waals surface area contributed by atoms with Gasteiger partial charge in [0.1, 0.15) is 24.8 Å². The van der Waals surface area contributed by atoms with Crippen LogP contribution in [0.15, 0.2) is 61.1 Å². The van der Waals surface area contributed by atoms with E-state index in [2.05, 4.69) is 21.4 Å². The maximum atomic E-state index is 5.86. The Balaban J connectivity index is 1.57. The molecule has 0 aliphatic carbocycles. The van der Waals surface area contributed by atoms with Crippen LogP contribution < -0.4 is 14.8 Å². The van der Waals surface area contributed by atoms with Crippen LogP contribution >= 0.6 is 11.6 Å². The van der Waals surface area contributed by atoms with Crippen molar-refractivity contribution in [3.8, 4) is 11.5 Å². The van der Waals surface area contributed by atoms with Crippen LogP contribution in [0.25, 0.3) is 0 Å². The van der Waals surface area contributed by atoms with E-state index in [1.54, 1.807) is 19.4 Å². The van der Waals surface area contributed by atoms with Crippen LogP contribution in [0.5, 0.6) is 11.5 Å². The number of rotatable bonds is 8. The molecule has 0 amide bonds. The zero-order valence-corrected chi connectivity index (χ0v) is 15.3. The van der Waals surface area contributed by atoms with Gasteiger partial charge in [0.2, 0.25) is 0 Å². The van der Waals surface area contributed by atoms with Crippen LogP contribution in [0.3, 0.4) is 0 Å². The Morgan fingerprint density at radius 3 is 2.42 bits per heavy atom. The number of quaternary nitrogens is 1. The number of pyridine rings is 2. The minimum Gasteiger partial charge on any atom is -0.493 e. The van der Waals surface area contributed by atoms with E-state index in [-0.39, 0.29) is 0 Å². The van der Waals surface area contributed by atoms with E-state index in [4.69, 9.17) is 21.1 Å². The first-order chi connectivity index (χ1) is 12.7. The Morgan fingerprint density at radius 2 is 1.69 bits per heavy atom. The summed E-state index contributed by atoms with van der Waals surface area (Å²) in [5.41, 5.74) is 3.38. The van der Waals surface area contributed by atoms with Gasteiger partial charge >= 0.3 is 0 Å². The van der Waals surface area contributed by atoms with E-state index in [0.29, 0.717) is 17.5 Å². The Morgan fingerprint density at radius 1 is 0.923 bits per heavy atom. The van der Waals surface area contributed by atoms with Gasteiger partial charge in [0.25, 0.3) is 0 Å². The Labute approximate surface area is 158 Å². The molecule has 0 saturated carbocycles. The van der Waals surface area contributed by atoms with Gasteiger partial charge in [-0.2, -0.15) is 0 Å². The molecule has 5 nitrogen and oxygen atoms in total. The number of hydrogen-bond donors (Lipinski definition) is 1. The lowest BCUT2D eigenvalue weighted by Crippen LogP contribution is -2.80. The molecule has 134 valence electrons. The maximum absolute atomic E-state index is 5.86. The highest BCUT2D eigenvalue weighted by atomic mass is 35.5. The van der Waals surface area contributed by atoms with Crippen LogP contribution in [0.4, 0.5) is 0 Å². The number of nitrogens with zero attached hydrogens (tertiary/aromatic N) is 2. The molecule has 0 unspecified atom stereocenters. The molecule has 2 aromatic heterocycles. The molecule has 0 aliphatic rings. The van der Waals surface area contributed by atoms with Gasteiger partial charge < -0.3 is 14.8 Å². The van der Waals surface area contributed by atoms with Gasteiger partial charge in [-0.25, -0.2) is 4.98 Å². The second-order valence-electron chi connectivity index (χ2n) is 5.82. The highest BCUT2D eigenvalue weighted by Gasteiger charge is 2.08. The first-order valence-corrected chi connectivity index (χ1v) is 8.73. The SMILES string of the molecule is COc1cc(C[NH2+]Cc2ccncc2)ccc1OCc1ccc(Cl)nc1. The Kier molecular flexibility index (Phi) is 6.41. The average molecular weight is 371 g/mol. The summed E-state index contributed by atoms with van der Waals surface area (Å²) in [4.78, 5) is 8.09. The quantitative estimate of drug-likeness (QED) is 0.619. The number of nitrogens with two attached hydrogens (primary N) is 1. The number of methoxy groups -OCH3 is 1. The minimum absolute atomic E-state index is 0.411. The fraction of sp³-hybridized carbons (Fsp3) is 0.200. The normalized spacial score (nSPS) is 10.5. The molecule has 3 rings (SSSR count). The molecule has 2 N–H and O–H groups in total. The summed E-state index contributed by atoms with van der Waals surface area (Å²) in [5.74, 6) is 1.43. The molecule has 0 spiro atoms. The lowest BCUT2D eigenvalue weighted by molar-refractivity contribution is -0.686. The maximum Gasteiger partial charge on any atom is 0.161 e. The van der Waals surface area contributed by atoms with Crippen molar-refractivity contribution < 1.29 is 14.8 Å². The number of benzene rings is 1. The topological polar surface area (TPSA) is 60.9 Å². The van der Waals surface area contributed by atoms with Gasteiger partial charge in [-0.1, -0.05) is 17.7 Å². The van der Waals surface area contributed by atoms with Gasteiger partial charge in [0, 0.05) is 35.3 Å². The summed E-state index contributed by atoms with van der Waals surface area (Å²) in [6.07, 6.45) is 5.33. The largest absolute Gasteiger partial charge is 0.493 e. The second kappa shape index (κ2) is 9.17. The first-order valence-electron chi connectivity index (χ1n) is 8.35. The van der Waals surface area contributed by atoms with Gasteiger partial charge in [0.15, 0.2) is 11.5 Å². The van der Waals surface area contributed by atoms with Crippen molar-refractivity contribution >= 4 is 11.6 Å². The highest BCUT2D eigenvalue weighted by molar-refractivity contribution is 6.29. The third kappa shape index (κ3) is 5.18. The van der Waals surface area contributed by atoms with Gasteiger partial charge in [-0.3, -0.25) is 4.98 Å². The number of hydrogen-bond acceptors (Lipinski definition) is 4. The van der Waals surface area contributed by atoms with Crippen LogP contribution in [0, 0.1) is 0 Å². The number of halogens is 1. The van der Waals surface area contributed by atoms with E-state index in [0.717, 1.165) is 24.4 Å². The number of ether oxygens (including phenoxy) is 2. The van der Waals surface area contributed by atoms with Crippen LogP contribution in [-0.2, 0) is 19.7 Å². The average Bonchev–Trinajstić information content (AvgIpc) is 2.69. The number of aromatic nitrogens is 2. The molecule has 6 heteroatoms. The van der Waals surface area contributed by atoms with Crippen molar-refractivity contribution in [2.45, 2.75) is 19.7 Å². The molecule has 0 aliphatic heterocycles. The van der Waals surface area contributed by atoms with Gasteiger partial charge in [-0.05, 0) is 36.4 Å². The van der Waals surface area contributed by atoms with Crippen LogP contribution in [0.1, 0.15) is 16.7 Å². The zero-order valence-electron chi connectivity index (χ0n) is 14.6. The predicted octanol–water partition coefficient (Wildman–Crippen LogP) is 2.98. The van der Waals surface area contributed by atoms with Crippen molar-refractivity contribution in [2.75, 3.05) is 7.11 Å². The minimum atomic E-state index is 0.411. The lowest BCUT2D eigenvalue weighted by Gasteiger charge is -2.12. The van der Waals surface area contributed by atoms with E-state index >= 15 is 0 Å². The zero-order chi connectivity index (χ0) is 18.2. The third-order valence-corrected chi connectivity index (χ3v) is 4.14. The summed E-state index contributed by atoms with van der Waals surface area (Å²) in [7, 11) is 1.65. The fourth-order valence-electron chi connectivity index (χ4n) is 2.54. The fourth-order valence-corrected chi connectivity index (χ4v) is 2.65. The van der Waals surface area contributed by atoms with E-state index in [1.807, 2.05) is 42.7 Å². The smallest absolute Gasteiger partial charge is 0.161 e. The van der Waals surface area contributed by atoms with E-state index in [1.165, 1.54) is 11.1 Å². The molecule has 3 aromatic rings. The molecule has 0 radical (unpaired) electrons.